The van der Waals surface area contributed by atoms with Crippen LogP contribution in [-0.4, -0.2) is 32.5 Å². The molecule has 32 heavy (non-hydrogen) atoms. The second-order valence-electron chi connectivity index (χ2n) is 7.60. The van der Waals surface area contributed by atoms with E-state index in [0.29, 0.717) is 28.2 Å². The lowest BCUT2D eigenvalue weighted by Crippen LogP contribution is -2.38. The summed E-state index contributed by atoms with van der Waals surface area (Å²) in [6.07, 6.45) is 0.127. The normalized spacial score (nSPS) is 15.6. The SMILES string of the molecule is C=C(C)C(=O)NC1=NN(c2ccccc2)C(=O)C1Cc1c(C)nn(-c2ccccc2)c1O. The van der Waals surface area contributed by atoms with Crippen LogP contribution in [0.2, 0.25) is 0 Å². The molecular weight excluding hydrogens is 406 g/mol. The zero-order valence-electron chi connectivity index (χ0n) is 17.8. The van der Waals surface area contributed by atoms with Crippen molar-refractivity contribution < 1.29 is 14.7 Å². The predicted molar refractivity (Wildman–Crippen MR) is 121 cm³/mol. The monoisotopic (exact) mass is 429 g/mol. The first-order valence-electron chi connectivity index (χ1n) is 10.1. The van der Waals surface area contributed by atoms with Crippen LogP contribution in [0.15, 0.2) is 77.9 Å². The summed E-state index contributed by atoms with van der Waals surface area (Å²) in [5, 5.41) is 23.7. The summed E-state index contributed by atoms with van der Waals surface area (Å²) < 4.78 is 1.43. The van der Waals surface area contributed by atoms with E-state index in [0.717, 1.165) is 0 Å². The fourth-order valence-corrected chi connectivity index (χ4v) is 3.50. The lowest BCUT2D eigenvalue weighted by atomic mass is 9.97. The zero-order valence-corrected chi connectivity index (χ0v) is 17.8. The van der Waals surface area contributed by atoms with Gasteiger partial charge in [0.1, 0.15) is 11.8 Å². The van der Waals surface area contributed by atoms with Gasteiger partial charge in [0.2, 0.25) is 5.88 Å². The Morgan fingerprint density at radius 3 is 2.28 bits per heavy atom. The van der Waals surface area contributed by atoms with Crippen LogP contribution in [0.3, 0.4) is 0 Å². The topological polar surface area (TPSA) is 99.8 Å². The smallest absolute Gasteiger partial charge is 0.258 e. The number of rotatable bonds is 5. The molecule has 2 aromatic carbocycles. The van der Waals surface area contributed by atoms with Gasteiger partial charge in [-0.3, -0.25) is 9.59 Å². The summed E-state index contributed by atoms with van der Waals surface area (Å²) in [6, 6.07) is 18.2. The van der Waals surface area contributed by atoms with Gasteiger partial charge in [0.15, 0.2) is 0 Å². The fourth-order valence-electron chi connectivity index (χ4n) is 3.50. The number of hydrogen-bond acceptors (Lipinski definition) is 5. The molecule has 0 saturated carbocycles. The number of aromatic nitrogens is 2. The maximum Gasteiger partial charge on any atom is 0.258 e. The highest BCUT2D eigenvalue weighted by atomic mass is 16.3. The van der Waals surface area contributed by atoms with Crippen molar-refractivity contribution in [3.8, 4) is 11.6 Å². The van der Waals surface area contributed by atoms with Gasteiger partial charge in [-0.15, -0.1) is 0 Å². The average molecular weight is 429 g/mol. The van der Waals surface area contributed by atoms with Crippen molar-refractivity contribution in [2.75, 3.05) is 5.01 Å². The fraction of sp³-hybridized carbons (Fsp3) is 0.167. The molecule has 4 rings (SSSR count). The molecule has 3 aromatic rings. The van der Waals surface area contributed by atoms with Crippen molar-refractivity contribution >= 4 is 23.3 Å². The van der Waals surface area contributed by atoms with Gasteiger partial charge in [-0.2, -0.15) is 15.2 Å². The van der Waals surface area contributed by atoms with Gasteiger partial charge in [0, 0.05) is 11.1 Å². The highest BCUT2D eigenvalue weighted by molar-refractivity contribution is 6.19. The van der Waals surface area contributed by atoms with Gasteiger partial charge in [0.25, 0.3) is 11.8 Å². The molecule has 1 aromatic heterocycles. The molecule has 1 aliphatic heterocycles. The quantitative estimate of drug-likeness (QED) is 0.609. The largest absolute Gasteiger partial charge is 0.493 e. The van der Waals surface area contributed by atoms with Crippen molar-refractivity contribution in [1.29, 1.82) is 0 Å². The number of benzene rings is 2. The minimum atomic E-state index is -0.795. The predicted octanol–water partition coefficient (Wildman–Crippen LogP) is 3.10. The summed E-state index contributed by atoms with van der Waals surface area (Å²) in [6.45, 7) is 7.00. The third-order valence-electron chi connectivity index (χ3n) is 5.24. The van der Waals surface area contributed by atoms with Gasteiger partial charge in [0.05, 0.1) is 17.1 Å². The molecule has 0 saturated heterocycles. The number of amidine groups is 1. The minimum Gasteiger partial charge on any atom is -0.493 e. The lowest BCUT2D eigenvalue weighted by molar-refractivity contribution is -0.119. The maximum atomic E-state index is 13.3. The van der Waals surface area contributed by atoms with Gasteiger partial charge < -0.3 is 10.4 Å². The van der Waals surface area contributed by atoms with E-state index in [9.17, 15) is 14.7 Å². The molecule has 1 atom stereocenters. The number of hydrazone groups is 1. The number of hydrogen-bond donors (Lipinski definition) is 2. The van der Waals surface area contributed by atoms with Gasteiger partial charge in [-0.25, -0.2) is 4.68 Å². The Morgan fingerprint density at radius 1 is 1.09 bits per heavy atom. The van der Waals surface area contributed by atoms with Gasteiger partial charge in [-0.05, 0) is 44.5 Å². The van der Waals surface area contributed by atoms with E-state index in [1.807, 2.05) is 36.4 Å². The first kappa shape index (κ1) is 21.0. The number of carbonyl (C=O) groups is 2. The summed E-state index contributed by atoms with van der Waals surface area (Å²) in [5.74, 6) is -1.36. The second-order valence-corrected chi connectivity index (χ2v) is 7.60. The Kier molecular flexibility index (Phi) is 5.59. The number of nitrogens with zero attached hydrogens (tertiary/aromatic N) is 4. The highest BCUT2D eigenvalue weighted by Gasteiger charge is 2.39. The van der Waals surface area contributed by atoms with E-state index in [1.54, 1.807) is 38.1 Å². The summed E-state index contributed by atoms with van der Waals surface area (Å²) in [4.78, 5) is 25.6. The van der Waals surface area contributed by atoms with E-state index in [2.05, 4.69) is 22.1 Å². The van der Waals surface area contributed by atoms with E-state index in [4.69, 9.17) is 0 Å². The number of carbonyl (C=O) groups excluding carboxylic acids is 2. The Balaban J connectivity index is 1.69. The molecule has 1 unspecified atom stereocenters. The molecule has 0 fully saturated rings. The van der Waals surface area contributed by atoms with Crippen molar-refractivity contribution in [3.63, 3.8) is 0 Å². The van der Waals surface area contributed by atoms with Crippen LogP contribution in [0.1, 0.15) is 18.2 Å². The first-order chi connectivity index (χ1) is 15.4. The second kappa shape index (κ2) is 8.50. The number of aryl methyl sites for hydroxylation is 1. The molecule has 0 bridgehead atoms. The van der Waals surface area contributed by atoms with E-state index in [-0.39, 0.29) is 24.0 Å². The molecule has 8 heteroatoms. The number of para-hydroxylation sites is 2. The van der Waals surface area contributed by atoms with E-state index >= 15 is 0 Å². The van der Waals surface area contributed by atoms with E-state index < -0.39 is 11.8 Å². The Bertz CT molecular complexity index is 1220. The molecule has 2 amide bonds. The molecule has 8 nitrogen and oxygen atoms in total. The molecular formula is C24H23N5O3. The zero-order chi connectivity index (χ0) is 22.8. The number of anilines is 1. The van der Waals surface area contributed by atoms with Crippen LogP contribution >= 0.6 is 0 Å². The van der Waals surface area contributed by atoms with Crippen molar-refractivity contribution in [2.24, 2.45) is 11.0 Å². The molecule has 1 aliphatic rings. The standard InChI is InChI=1S/C24H23N5O3/c1-15(2)22(30)25-21-20(24(32)29(27-21)18-12-8-5-9-13-18)14-19-16(3)26-28(23(19)31)17-10-6-4-7-11-17/h4-13,20,31H,1,14H2,2-3H3,(H,25,27,30). The Labute approximate surface area is 185 Å². The van der Waals surface area contributed by atoms with Crippen molar-refractivity contribution in [3.05, 3.63) is 84.1 Å². The van der Waals surface area contributed by atoms with Crippen LogP contribution < -0.4 is 10.3 Å². The lowest BCUT2D eigenvalue weighted by Gasteiger charge is -2.14. The van der Waals surface area contributed by atoms with Crippen LogP contribution in [0.25, 0.3) is 5.69 Å². The van der Waals surface area contributed by atoms with Crippen LogP contribution in [0, 0.1) is 12.8 Å². The van der Waals surface area contributed by atoms with Crippen LogP contribution in [0.5, 0.6) is 5.88 Å². The van der Waals surface area contributed by atoms with Gasteiger partial charge >= 0.3 is 0 Å². The number of amides is 2. The van der Waals surface area contributed by atoms with Crippen molar-refractivity contribution in [2.45, 2.75) is 20.3 Å². The van der Waals surface area contributed by atoms with Crippen LogP contribution in [0.4, 0.5) is 5.69 Å². The van der Waals surface area contributed by atoms with E-state index in [1.165, 1.54) is 9.69 Å². The minimum absolute atomic E-state index is 0.0507. The van der Waals surface area contributed by atoms with Crippen LogP contribution in [-0.2, 0) is 16.0 Å². The average Bonchev–Trinajstić information content (AvgIpc) is 3.26. The summed E-state index contributed by atoms with van der Waals surface area (Å²) in [7, 11) is 0. The summed E-state index contributed by atoms with van der Waals surface area (Å²) in [5.41, 5.74) is 2.69. The highest BCUT2D eigenvalue weighted by Crippen LogP contribution is 2.31. The third-order valence-corrected chi connectivity index (χ3v) is 5.24. The molecule has 2 heterocycles. The molecule has 0 radical (unpaired) electrons. The number of nitrogens with one attached hydrogen (secondary N) is 1. The molecule has 0 spiro atoms. The molecule has 0 aliphatic carbocycles. The molecule has 162 valence electrons. The molecule has 2 N–H and O–H groups in total. The number of aromatic hydroxyl groups is 1. The first-order valence-corrected chi connectivity index (χ1v) is 10.1. The Hall–Kier alpha value is -4.20. The summed E-state index contributed by atoms with van der Waals surface area (Å²) >= 11 is 0. The third kappa shape index (κ3) is 3.90. The van der Waals surface area contributed by atoms with Crippen molar-refractivity contribution in [1.82, 2.24) is 15.1 Å². The Morgan fingerprint density at radius 2 is 1.69 bits per heavy atom. The van der Waals surface area contributed by atoms with Gasteiger partial charge in [-0.1, -0.05) is 43.0 Å². The maximum absolute atomic E-state index is 13.3.